The minimum absolute atomic E-state index is 0.175. The highest BCUT2D eigenvalue weighted by Gasteiger charge is 2.34. The molecule has 0 unspecified atom stereocenters. The Morgan fingerprint density at radius 2 is 2.00 bits per heavy atom. The fourth-order valence-electron chi connectivity index (χ4n) is 1.62. The van der Waals surface area contributed by atoms with E-state index in [2.05, 4.69) is 15.9 Å². The van der Waals surface area contributed by atoms with E-state index in [1.165, 1.54) is 6.07 Å². The summed E-state index contributed by atoms with van der Waals surface area (Å²) in [5.74, 6) is 0. The molecule has 0 aliphatic rings. The van der Waals surface area contributed by atoms with Crippen molar-refractivity contribution in [2.45, 2.75) is 13.1 Å². The molecule has 0 heterocycles. The van der Waals surface area contributed by atoms with Crippen molar-refractivity contribution >= 4 is 21.6 Å². The standard InChI is InChI=1S/C11H14BrF3N2/c1-2-17(6-5-16)10-4-3-8(12)7-9(10)11(13,14)15/h3-4,7H,2,5-6,16H2,1H3. The molecule has 0 aromatic heterocycles. The maximum atomic E-state index is 12.9. The van der Waals surface area contributed by atoms with E-state index >= 15 is 0 Å². The molecule has 0 spiro atoms. The molecule has 0 bridgehead atoms. The average molecular weight is 311 g/mol. The molecule has 1 aromatic rings. The topological polar surface area (TPSA) is 29.3 Å². The second-order valence-corrected chi connectivity index (χ2v) is 4.44. The summed E-state index contributed by atoms with van der Waals surface area (Å²) >= 11 is 3.06. The van der Waals surface area contributed by atoms with Gasteiger partial charge >= 0.3 is 6.18 Å². The third-order valence-corrected chi connectivity index (χ3v) is 2.88. The van der Waals surface area contributed by atoms with Gasteiger partial charge in [-0.3, -0.25) is 0 Å². The third kappa shape index (κ3) is 3.61. The highest BCUT2D eigenvalue weighted by molar-refractivity contribution is 9.10. The van der Waals surface area contributed by atoms with Crippen LogP contribution < -0.4 is 10.6 Å². The van der Waals surface area contributed by atoms with Crippen LogP contribution in [-0.2, 0) is 6.18 Å². The fourth-order valence-corrected chi connectivity index (χ4v) is 1.98. The van der Waals surface area contributed by atoms with Gasteiger partial charge in [0, 0.05) is 29.8 Å². The summed E-state index contributed by atoms with van der Waals surface area (Å²) in [7, 11) is 0. The summed E-state index contributed by atoms with van der Waals surface area (Å²) in [5, 5.41) is 0. The first-order valence-corrected chi connectivity index (χ1v) is 6.01. The van der Waals surface area contributed by atoms with Crippen LogP contribution in [-0.4, -0.2) is 19.6 Å². The van der Waals surface area contributed by atoms with Gasteiger partial charge in [-0.05, 0) is 25.1 Å². The highest BCUT2D eigenvalue weighted by Crippen LogP contribution is 2.38. The molecule has 0 atom stereocenters. The second-order valence-electron chi connectivity index (χ2n) is 3.53. The average Bonchev–Trinajstić information content (AvgIpc) is 2.25. The van der Waals surface area contributed by atoms with Crippen molar-refractivity contribution in [2.75, 3.05) is 24.5 Å². The Balaban J connectivity index is 3.22. The van der Waals surface area contributed by atoms with Crippen LogP contribution in [0.15, 0.2) is 22.7 Å². The summed E-state index contributed by atoms with van der Waals surface area (Å²) < 4.78 is 39.1. The monoisotopic (exact) mass is 310 g/mol. The lowest BCUT2D eigenvalue weighted by Gasteiger charge is -2.26. The number of nitrogens with zero attached hydrogens (tertiary/aromatic N) is 1. The Morgan fingerprint density at radius 1 is 1.35 bits per heavy atom. The minimum atomic E-state index is -4.36. The minimum Gasteiger partial charge on any atom is -0.370 e. The molecule has 0 radical (unpaired) electrons. The number of hydrogen-bond acceptors (Lipinski definition) is 2. The first kappa shape index (κ1) is 14.3. The number of hydrogen-bond donors (Lipinski definition) is 1. The summed E-state index contributed by atoms with van der Waals surface area (Å²) in [6.45, 7) is 3.02. The fraction of sp³-hybridized carbons (Fsp3) is 0.455. The molecule has 0 saturated carbocycles. The number of likely N-dealkylation sites (N-methyl/N-ethyl adjacent to an activating group) is 1. The summed E-state index contributed by atoms with van der Waals surface area (Å²) in [5.41, 5.74) is 4.94. The van der Waals surface area contributed by atoms with Crippen molar-refractivity contribution in [1.82, 2.24) is 0 Å². The number of rotatable bonds is 4. The number of halogens is 4. The molecule has 0 aliphatic carbocycles. The van der Waals surface area contributed by atoms with E-state index in [0.717, 1.165) is 6.07 Å². The molecular weight excluding hydrogens is 297 g/mol. The van der Waals surface area contributed by atoms with Crippen LogP contribution in [0.5, 0.6) is 0 Å². The zero-order valence-electron chi connectivity index (χ0n) is 9.39. The first-order valence-electron chi connectivity index (χ1n) is 5.22. The molecule has 0 fully saturated rings. The lowest BCUT2D eigenvalue weighted by molar-refractivity contribution is -0.137. The van der Waals surface area contributed by atoms with Crippen LogP contribution >= 0.6 is 15.9 Å². The molecule has 0 amide bonds. The number of nitrogens with two attached hydrogens (primary N) is 1. The van der Waals surface area contributed by atoms with E-state index in [9.17, 15) is 13.2 Å². The Kier molecular flexibility index (Phi) is 4.82. The van der Waals surface area contributed by atoms with Gasteiger partial charge in [-0.1, -0.05) is 15.9 Å². The van der Waals surface area contributed by atoms with Gasteiger partial charge in [-0.25, -0.2) is 0 Å². The zero-order valence-corrected chi connectivity index (χ0v) is 11.0. The van der Waals surface area contributed by atoms with Crippen molar-refractivity contribution in [2.24, 2.45) is 5.73 Å². The van der Waals surface area contributed by atoms with Gasteiger partial charge in [0.1, 0.15) is 0 Å². The van der Waals surface area contributed by atoms with Crippen molar-refractivity contribution in [1.29, 1.82) is 0 Å². The van der Waals surface area contributed by atoms with Gasteiger partial charge in [-0.2, -0.15) is 13.2 Å². The quantitative estimate of drug-likeness (QED) is 0.925. The molecular formula is C11H14BrF3N2. The molecule has 1 aromatic carbocycles. The lowest BCUT2D eigenvalue weighted by atomic mass is 10.1. The highest BCUT2D eigenvalue weighted by atomic mass is 79.9. The predicted octanol–water partition coefficient (Wildman–Crippen LogP) is 3.25. The van der Waals surface area contributed by atoms with Crippen molar-refractivity contribution in [3.8, 4) is 0 Å². The summed E-state index contributed by atoms with van der Waals surface area (Å²) in [4.78, 5) is 1.62. The van der Waals surface area contributed by atoms with Gasteiger partial charge in [0.2, 0.25) is 0 Å². The van der Waals surface area contributed by atoms with Gasteiger partial charge in [0.05, 0.1) is 5.56 Å². The van der Waals surface area contributed by atoms with E-state index in [1.54, 1.807) is 17.9 Å². The molecule has 2 nitrogen and oxygen atoms in total. The molecule has 0 aliphatic heterocycles. The van der Waals surface area contributed by atoms with Crippen LogP contribution in [0.4, 0.5) is 18.9 Å². The van der Waals surface area contributed by atoms with E-state index in [-0.39, 0.29) is 5.69 Å². The maximum absolute atomic E-state index is 12.9. The van der Waals surface area contributed by atoms with E-state index in [1.807, 2.05) is 0 Å². The normalized spacial score (nSPS) is 11.6. The molecule has 17 heavy (non-hydrogen) atoms. The Morgan fingerprint density at radius 3 is 2.47 bits per heavy atom. The maximum Gasteiger partial charge on any atom is 0.418 e. The zero-order chi connectivity index (χ0) is 13.1. The van der Waals surface area contributed by atoms with Gasteiger partial charge < -0.3 is 10.6 Å². The van der Waals surface area contributed by atoms with Crippen LogP contribution in [0.1, 0.15) is 12.5 Å². The van der Waals surface area contributed by atoms with Crippen molar-refractivity contribution in [3.05, 3.63) is 28.2 Å². The predicted molar refractivity (Wildman–Crippen MR) is 66.1 cm³/mol. The Labute approximate surface area is 107 Å². The third-order valence-electron chi connectivity index (χ3n) is 2.39. The van der Waals surface area contributed by atoms with Crippen molar-refractivity contribution in [3.63, 3.8) is 0 Å². The van der Waals surface area contributed by atoms with Crippen LogP contribution in [0.25, 0.3) is 0 Å². The van der Waals surface area contributed by atoms with E-state index < -0.39 is 11.7 Å². The van der Waals surface area contributed by atoms with E-state index in [4.69, 9.17) is 5.73 Å². The van der Waals surface area contributed by atoms with Gasteiger partial charge in [-0.15, -0.1) is 0 Å². The molecule has 96 valence electrons. The van der Waals surface area contributed by atoms with Crippen LogP contribution in [0.2, 0.25) is 0 Å². The number of alkyl halides is 3. The van der Waals surface area contributed by atoms with Gasteiger partial charge in [0.25, 0.3) is 0 Å². The Bertz CT molecular complexity index is 379. The summed E-state index contributed by atoms with van der Waals surface area (Å²) in [6.07, 6.45) is -4.36. The Hall–Kier alpha value is -0.750. The van der Waals surface area contributed by atoms with E-state index in [0.29, 0.717) is 24.1 Å². The van der Waals surface area contributed by atoms with Gasteiger partial charge in [0.15, 0.2) is 0 Å². The smallest absolute Gasteiger partial charge is 0.370 e. The first-order chi connectivity index (χ1) is 7.90. The molecule has 0 saturated heterocycles. The van der Waals surface area contributed by atoms with Crippen LogP contribution in [0, 0.1) is 0 Å². The number of benzene rings is 1. The summed E-state index contributed by atoms with van der Waals surface area (Å²) in [6, 6.07) is 4.16. The number of anilines is 1. The van der Waals surface area contributed by atoms with Crippen molar-refractivity contribution < 1.29 is 13.2 Å². The van der Waals surface area contributed by atoms with Crippen LogP contribution in [0.3, 0.4) is 0 Å². The molecule has 1 rings (SSSR count). The molecule has 6 heteroatoms. The SMILES string of the molecule is CCN(CCN)c1ccc(Br)cc1C(F)(F)F. The second kappa shape index (κ2) is 5.73. The molecule has 2 N–H and O–H groups in total. The lowest BCUT2D eigenvalue weighted by Crippen LogP contribution is -2.31. The largest absolute Gasteiger partial charge is 0.418 e.